The molecule has 17 heavy (non-hydrogen) atoms. The number of rotatable bonds is 1. The molecule has 0 saturated heterocycles. The first-order valence-corrected chi connectivity index (χ1v) is 6.04. The highest BCUT2D eigenvalue weighted by atomic mass is 79.9. The number of fused-ring (bicyclic) bond motifs is 1. The number of halogens is 1. The lowest BCUT2D eigenvalue weighted by Crippen LogP contribution is -1.99. The van der Waals surface area contributed by atoms with Crippen LogP contribution in [0.25, 0.3) is 16.7 Å². The minimum atomic E-state index is 0.504. The Morgan fingerprint density at radius 2 is 1.82 bits per heavy atom. The predicted molar refractivity (Wildman–Crippen MR) is 73.2 cm³/mol. The van der Waals surface area contributed by atoms with Crippen LogP contribution in [0, 0.1) is 0 Å². The summed E-state index contributed by atoms with van der Waals surface area (Å²) in [6.45, 7) is 0. The van der Waals surface area contributed by atoms with E-state index < -0.39 is 0 Å². The fraction of sp³-hybridized carbons (Fsp3) is 0. The summed E-state index contributed by atoms with van der Waals surface area (Å²) in [6, 6.07) is 15.9. The maximum absolute atomic E-state index is 5.97. The van der Waals surface area contributed by atoms with E-state index in [1.807, 2.05) is 53.1 Å². The van der Waals surface area contributed by atoms with Crippen molar-refractivity contribution >= 4 is 32.9 Å². The number of hydrogen-bond donors (Lipinski definition) is 1. The summed E-state index contributed by atoms with van der Waals surface area (Å²) >= 11 is 3.47. The summed E-state index contributed by atoms with van der Waals surface area (Å²) in [7, 11) is 0. The van der Waals surface area contributed by atoms with Gasteiger partial charge in [-0.25, -0.2) is 4.98 Å². The summed E-state index contributed by atoms with van der Waals surface area (Å²) in [6.07, 6.45) is 0. The van der Waals surface area contributed by atoms with Crippen molar-refractivity contribution in [1.29, 1.82) is 0 Å². The quantitative estimate of drug-likeness (QED) is 0.746. The van der Waals surface area contributed by atoms with Crippen molar-refractivity contribution in [3.05, 3.63) is 53.0 Å². The average Bonchev–Trinajstić information content (AvgIpc) is 2.65. The Balaban J connectivity index is 2.35. The summed E-state index contributed by atoms with van der Waals surface area (Å²) in [5, 5.41) is 0. The van der Waals surface area contributed by atoms with E-state index in [0.717, 1.165) is 21.2 Å². The smallest absolute Gasteiger partial charge is 0.205 e. The second-order valence-corrected chi connectivity index (χ2v) is 4.69. The highest BCUT2D eigenvalue weighted by Gasteiger charge is 2.09. The largest absolute Gasteiger partial charge is 0.369 e. The summed E-state index contributed by atoms with van der Waals surface area (Å²) < 4.78 is 2.96. The first-order valence-electron chi connectivity index (χ1n) is 5.24. The number of benzene rings is 2. The molecule has 3 aromatic rings. The number of para-hydroxylation sites is 1. The van der Waals surface area contributed by atoms with Crippen LogP contribution < -0.4 is 5.73 Å². The monoisotopic (exact) mass is 287 g/mol. The van der Waals surface area contributed by atoms with Gasteiger partial charge in [0.1, 0.15) is 0 Å². The molecule has 1 aromatic heterocycles. The highest BCUT2D eigenvalue weighted by Crippen LogP contribution is 2.25. The van der Waals surface area contributed by atoms with Gasteiger partial charge in [0, 0.05) is 10.2 Å². The minimum absolute atomic E-state index is 0.504. The average molecular weight is 288 g/mol. The molecule has 84 valence electrons. The number of imidazole rings is 1. The summed E-state index contributed by atoms with van der Waals surface area (Å²) in [5.74, 6) is 0.504. The number of nitrogen functional groups attached to an aromatic ring is 1. The highest BCUT2D eigenvalue weighted by molar-refractivity contribution is 9.10. The van der Waals surface area contributed by atoms with Crippen molar-refractivity contribution in [3.8, 4) is 5.69 Å². The van der Waals surface area contributed by atoms with Crippen LogP contribution in [-0.4, -0.2) is 9.55 Å². The van der Waals surface area contributed by atoms with E-state index in [-0.39, 0.29) is 0 Å². The molecule has 3 rings (SSSR count). The van der Waals surface area contributed by atoms with Crippen LogP contribution in [-0.2, 0) is 0 Å². The molecule has 0 spiro atoms. The lowest BCUT2D eigenvalue weighted by molar-refractivity contribution is 1.11. The third-order valence-electron chi connectivity index (χ3n) is 2.66. The second kappa shape index (κ2) is 3.89. The number of nitrogens with zero attached hydrogens (tertiary/aromatic N) is 2. The Hall–Kier alpha value is -1.81. The Morgan fingerprint density at radius 3 is 2.59 bits per heavy atom. The minimum Gasteiger partial charge on any atom is -0.369 e. The van der Waals surface area contributed by atoms with Gasteiger partial charge in [0.05, 0.1) is 11.0 Å². The second-order valence-electron chi connectivity index (χ2n) is 3.77. The fourth-order valence-electron chi connectivity index (χ4n) is 1.92. The molecule has 2 N–H and O–H groups in total. The molecule has 0 bridgehead atoms. The molecule has 3 nitrogen and oxygen atoms in total. The van der Waals surface area contributed by atoms with Gasteiger partial charge in [0.25, 0.3) is 0 Å². The zero-order valence-corrected chi connectivity index (χ0v) is 10.6. The van der Waals surface area contributed by atoms with E-state index in [0.29, 0.717) is 5.95 Å². The number of nitrogens with two attached hydrogens (primary N) is 1. The molecule has 0 aliphatic carbocycles. The van der Waals surface area contributed by atoms with E-state index in [1.165, 1.54) is 0 Å². The van der Waals surface area contributed by atoms with Gasteiger partial charge in [-0.3, -0.25) is 4.57 Å². The van der Waals surface area contributed by atoms with Gasteiger partial charge in [-0.05, 0) is 30.3 Å². The molecule has 1 heterocycles. The van der Waals surface area contributed by atoms with Crippen LogP contribution >= 0.6 is 15.9 Å². The molecular weight excluding hydrogens is 278 g/mol. The molecular formula is C13H10BrN3. The molecule has 0 aliphatic heterocycles. The standard InChI is InChI=1S/C13H10BrN3/c14-9-6-7-11-12(8-9)17(13(15)16-11)10-4-2-1-3-5-10/h1-8H,(H2,15,16). The first kappa shape index (κ1) is 10.4. The third kappa shape index (κ3) is 1.70. The number of anilines is 1. The van der Waals surface area contributed by atoms with E-state index in [9.17, 15) is 0 Å². The zero-order chi connectivity index (χ0) is 11.8. The van der Waals surface area contributed by atoms with Crippen LogP contribution in [0.3, 0.4) is 0 Å². The van der Waals surface area contributed by atoms with Crippen molar-refractivity contribution in [2.45, 2.75) is 0 Å². The Bertz CT molecular complexity index is 674. The summed E-state index contributed by atoms with van der Waals surface area (Å²) in [4.78, 5) is 4.35. The van der Waals surface area contributed by atoms with Gasteiger partial charge in [0.15, 0.2) is 0 Å². The Morgan fingerprint density at radius 1 is 1.06 bits per heavy atom. The molecule has 0 unspecified atom stereocenters. The topological polar surface area (TPSA) is 43.8 Å². The number of hydrogen-bond acceptors (Lipinski definition) is 2. The molecule has 0 radical (unpaired) electrons. The van der Waals surface area contributed by atoms with Crippen LogP contribution in [0.15, 0.2) is 53.0 Å². The lowest BCUT2D eigenvalue weighted by Gasteiger charge is -2.05. The van der Waals surface area contributed by atoms with E-state index in [1.54, 1.807) is 0 Å². The molecule has 0 atom stereocenters. The van der Waals surface area contributed by atoms with Crippen LogP contribution in [0.4, 0.5) is 5.95 Å². The SMILES string of the molecule is Nc1nc2ccc(Br)cc2n1-c1ccccc1. The van der Waals surface area contributed by atoms with Gasteiger partial charge >= 0.3 is 0 Å². The molecule has 2 aromatic carbocycles. The maximum atomic E-state index is 5.97. The van der Waals surface area contributed by atoms with E-state index in [4.69, 9.17) is 5.73 Å². The van der Waals surface area contributed by atoms with Crippen LogP contribution in [0.1, 0.15) is 0 Å². The van der Waals surface area contributed by atoms with Crippen molar-refractivity contribution in [3.63, 3.8) is 0 Å². The van der Waals surface area contributed by atoms with E-state index >= 15 is 0 Å². The molecule has 0 saturated carbocycles. The molecule has 4 heteroatoms. The maximum Gasteiger partial charge on any atom is 0.205 e. The molecule has 0 aliphatic rings. The van der Waals surface area contributed by atoms with Gasteiger partial charge in [0.2, 0.25) is 5.95 Å². The fourth-order valence-corrected chi connectivity index (χ4v) is 2.26. The normalized spacial score (nSPS) is 10.9. The Kier molecular flexibility index (Phi) is 2.37. The zero-order valence-electron chi connectivity index (χ0n) is 8.97. The Labute approximate surface area is 107 Å². The third-order valence-corrected chi connectivity index (χ3v) is 3.15. The first-order chi connectivity index (χ1) is 8.25. The van der Waals surface area contributed by atoms with Crippen molar-refractivity contribution in [1.82, 2.24) is 9.55 Å². The molecule has 0 fully saturated rings. The van der Waals surface area contributed by atoms with Crippen molar-refractivity contribution < 1.29 is 0 Å². The number of aromatic nitrogens is 2. The van der Waals surface area contributed by atoms with Gasteiger partial charge in [-0.2, -0.15) is 0 Å². The summed E-state index contributed by atoms with van der Waals surface area (Å²) in [5.41, 5.74) is 8.89. The van der Waals surface area contributed by atoms with Crippen LogP contribution in [0.2, 0.25) is 0 Å². The van der Waals surface area contributed by atoms with Gasteiger partial charge < -0.3 is 5.73 Å². The predicted octanol–water partition coefficient (Wildman–Crippen LogP) is 3.37. The van der Waals surface area contributed by atoms with Gasteiger partial charge in [-0.1, -0.05) is 34.1 Å². The van der Waals surface area contributed by atoms with Crippen molar-refractivity contribution in [2.75, 3.05) is 5.73 Å². The van der Waals surface area contributed by atoms with E-state index in [2.05, 4.69) is 20.9 Å². The lowest BCUT2D eigenvalue weighted by atomic mass is 10.3. The van der Waals surface area contributed by atoms with Crippen LogP contribution in [0.5, 0.6) is 0 Å². The van der Waals surface area contributed by atoms with Crippen molar-refractivity contribution in [2.24, 2.45) is 0 Å². The van der Waals surface area contributed by atoms with Gasteiger partial charge in [-0.15, -0.1) is 0 Å². The molecule has 0 amide bonds.